The molecule has 0 saturated carbocycles. The molecule has 4 nitrogen and oxygen atoms in total. The topological polar surface area (TPSA) is 35.6 Å². The van der Waals surface area contributed by atoms with Crippen LogP contribution in [0.3, 0.4) is 0 Å². The fourth-order valence-corrected chi connectivity index (χ4v) is 2.93. The summed E-state index contributed by atoms with van der Waals surface area (Å²) in [6.45, 7) is 8.02. The molecule has 0 unspecified atom stereocenters. The van der Waals surface area contributed by atoms with E-state index >= 15 is 0 Å². The van der Waals surface area contributed by atoms with Gasteiger partial charge in [-0.25, -0.2) is 0 Å². The van der Waals surface area contributed by atoms with Crippen molar-refractivity contribution < 1.29 is 4.79 Å². The quantitative estimate of drug-likeness (QED) is 0.697. The van der Waals surface area contributed by atoms with E-state index in [9.17, 15) is 4.79 Å². The second-order valence-electron chi connectivity index (χ2n) is 5.30. The van der Waals surface area contributed by atoms with Crippen LogP contribution >= 0.6 is 0 Å². The molecule has 0 atom stereocenters. The number of hydrogen-bond donors (Lipinski definition) is 1. The third-order valence-corrected chi connectivity index (χ3v) is 4.12. The minimum atomic E-state index is -0.215. The van der Waals surface area contributed by atoms with Gasteiger partial charge in [0.2, 0.25) is 5.91 Å². The van der Waals surface area contributed by atoms with Crippen LogP contribution < -0.4 is 5.32 Å². The molecule has 2 saturated heterocycles. The van der Waals surface area contributed by atoms with Crippen molar-refractivity contribution in [1.82, 2.24) is 15.1 Å². The highest BCUT2D eigenvalue weighted by atomic mass is 16.2. The number of carbonyl (C=O) groups is 1. The summed E-state index contributed by atoms with van der Waals surface area (Å²) in [6.07, 6.45) is 1.90. The monoisotopic (exact) mass is 225 g/mol. The van der Waals surface area contributed by atoms with Crippen molar-refractivity contribution in [1.29, 1.82) is 0 Å². The van der Waals surface area contributed by atoms with Crippen LogP contribution in [0.15, 0.2) is 0 Å². The Morgan fingerprint density at radius 3 is 2.44 bits per heavy atom. The molecule has 0 aromatic carbocycles. The second kappa shape index (κ2) is 4.34. The molecule has 0 aromatic rings. The lowest BCUT2D eigenvalue weighted by Crippen LogP contribution is -2.68. The number of piperazine rings is 1. The van der Waals surface area contributed by atoms with Crippen LogP contribution in [0.25, 0.3) is 0 Å². The highest BCUT2D eigenvalue weighted by Crippen LogP contribution is 2.31. The molecule has 1 spiro atoms. The third kappa shape index (κ3) is 1.74. The van der Waals surface area contributed by atoms with E-state index in [1.165, 1.54) is 0 Å². The molecule has 0 aromatic heterocycles. The maximum Gasteiger partial charge on any atom is 0.243 e. The molecular weight excluding hydrogens is 202 g/mol. The van der Waals surface area contributed by atoms with Crippen molar-refractivity contribution in [3.8, 4) is 0 Å². The molecular formula is C12H23N3O. The van der Waals surface area contributed by atoms with Crippen molar-refractivity contribution in [3.63, 3.8) is 0 Å². The van der Waals surface area contributed by atoms with Gasteiger partial charge in [-0.05, 0) is 46.8 Å². The smallest absolute Gasteiger partial charge is 0.243 e. The van der Waals surface area contributed by atoms with E-state index in [-0.39, 0.29) is 5.54 Å². The van der Waals surface area contributed by atoms with Crippen molar-refractivity contribution >= 4 is 5.91 Å². The van der Waals surface area contributed by atoms with Crippen LogP contribution in [0.1, 0.15) is 26.7 Å². The van der Waals surface area contributed by atoms with E-state index in [4.69, 9.17) is 0 Å². The predicted molar refractivity (Wildman–Crippen MR) is 64.3 cm³/mol. The van der Waals surface area contributed by atoms with Gasteiger partial charge < -0.3 is 10.2 Å². The lowest BCUT2D eigenvalue weighted by molar-refractivity contribution is -0.154. The Balaban J connectivity index is 2.22. The minimum absolute atomic E-state index is 0.215. The number of piperidine rings is 1. The molecule has 1 amide bonds. The van der Waals surface area contributed by atoms with Gasteiger partial charge in [-0.1, -0.05) is 0 Å². The van der Waals surface area contributed by atoms with Gasteiger partial charge in [-0.15, -0.1) is 0 Å². The van der Waals surface area contributed by atoms with E-state index in [0.717, 1.165) is 39.0 Å². The first-order valence-corrected chi connectivity index (χ1v) is 6.31. The van der Waals surface area contributed by atoms with Crippen LogP contribution in [-0.2, 0) is 4.79 Å². The summed E-state index contributed by atoms with van der Waals surface area (Å²) in [5, 5.41) is 3.34. The van der Waals surface area contributed by atoms with Gasteiger partial charge in [0.15, 0.2) is 0 Å². The zero-order valence-corrected chi connectivity index (χ0v) is 10.6. The van der Waals surface area contributed by atoms with Crippen molar-refractivity contribution in [2.75, 3.05) is 33.2 Å². The molecule has 0 radical (unpaired) electrons. The highest BCUT2D eigenvalue weighted by Gasteiger charge is 2.48. The summed E-state index contributed by atoms with van der Waals surface area (Å²) in [7, 11) is 2.10. The molecule has 4 heteroatoms. The second-order valence-corrected chi connectivity index (χ2v) is 5.30. The van der Waals surface area contributed by atoms with Crippen molar-refractivity contribution in [3.05, 3.63) is 0 Å². The average molecular weight is 225 g/mol. The minimum Gasteiger partial charge on any atom is -0.337 e. The van der Waals surface area contributed by atoms with Crippen molar-refractivity contribution in [2.45, 2.75) is 38.3 Å². The first kappa shape index (κ1) is 11.9. The van der Waals surface area contributed by atoms with Crippen molar-refractivity contribution in [2.24, 2.45) is 0 Å². The number of rotatable bonds is 1. The number of nitrogens with zero attached hydrogens (tertiary/aromatic N) is 2. The van der Waals surface area contributed by atoms with Crippen LogP contribution in [-0.4, -0.2) is 60.5 Å². The molecule has 16 heavy (non-hydrogen) atoms. The maximum atomic E-state index is 12.6. The zero-order chi connectivity index (χ0) is 11.8. The van der Waals surface area contributed by atoms with Gasteiger partial charge in [-0.3, -0.25) is 9.69 Å². The average Bonchev–Trinajstić information content (AvgIpc) is 2.27. The molecule has 0 aliphatic carbocycles. The van der Waals surface area contributed by atoms with Gasteiger partial charge in [0.1, 0.15) is 5.54 Å². The summed E-state index contributed by atoms with van der Waals surface area (Å²) in [5.74, 6) is 0.345. The lowest BCUT2D eigenvalue weighted by Gasteiger charge is -2.51. The molecule has 2 heterocycles. The Bertz CT molecular complexity index is 271. The molecule has 0 bridgehead atoms. The van der Waals surface area contributed by atoms with Gasteiger partial charge in [0.25, 0.3) is 0 Å². The summed E-state index contributed by atoms with van der Waals surface area (Å²) in [6, 6.07) is 0.327. The Labute approximate surface area is 98.0 Å². The maximum absolute atomic E-state index is 12.6. The standard InChI is InChI=1S/C12H23N3O/c1-10(2)15-9-8-14(3)12(11(15)16)4-6-13-7-5-12/h10,13H,4-9H2,1-3H3. The Morgan fingerprint density at radius 1 is 1.25 bits per heavy atom. The predicted octanol–water partition coefficient (Wildman–Crippen LogP) is 0.291. The fourth-order valence-electron chi connectivity index (χ4n) is 2.93. The lowest BCUT2D eigenvalue weighted by atomic mass is 9.83. The molecule has 2 fully saturated rings. The number of likely N-dealkylation sites (N-methyl/N-ethyl adjacent to an activating group) is 1. The van der Waals surface area contributed by atoms with Crippen LogP contribution in [0.4, 0.5) is 0 Å². The molecule has 2 aliphatic heterocycles. The van der Waals surface area contributed by atoms with E-state index in [0.29, 0.717) is 11.9 Å². The van der Waals surface area contributed by atoms with Gasteiger partial charge in [0, 0.05) is 19.1 Å². The van der Waals surface area contributed by atoms with E-state index in [1.54, 1.807) is 0 Å². The number of carbonyl (C=O) groups excluding carboxylic acids is 1. The first-order chi connectivity index (χ1) is 7.58. The summed E-state index contributed by atoms with van der Waals surface area (Å²) < 4.78 is 0. The normalized spacial score (nSPS) is 26.8. The van der Waals surface area contributed by atoms with E-state index < -0.39 is 0 Å². The highest BCUT2D eigenvalue weighted by molar-refractivity contribution is 5.87. The number of amides is 1. The first-order valence-electron chi connectivity index (χ1n) is 6.31. The summed E-state index contributed by atoms with van der Waals surface area (Å²) >= 11 is 0. The van der Waals surface area contributed by atoms with E-state index in [1.807, 2.05) is 4.90 Å². The third-order valence-electron chi connectivity index (χ3n) is 4.12. The SMILES string of the molecule is CC(C)N1CCN(C)C2(CCNCC2)C1=O. The summed E-state index contributed by atoms with van der Waals surface area (Å²) in [5.41, 5.74) is -0.215. The fraction of sp³-hybridized carbons (Fsp3) is 0.917. The molecule has 2 aliphatic rings. The van der Waals surface area contributed by atoms with Crippen LogP contribution in [0.5, 0.6) is 0 Å². The van der Waals surface area contributed by atoms with Gasteiger partial charge in [0.05, 0.1) is 0 Å². The number of nitrogens with one attached hydrogen (secondary N) is 1. The van der Waals surface area contributed by atoms with Gasteiger partial charge >= 0.3 is 0 Å². The Hall–Kier alpha value is -0.610. The van der Waals surface area contributed by atoms with Crippen LogP contribution in [0, 0.1) is 0 Å². The molecule has 2 rings (SSSR count). The zero-order valence-electron chi connectivity index (χ0n) is 10.6. The largest absolute Gasteiger partial charge is 0.337 e. The van der Waals surface area contributed by atoms with E-state index in [2.05, 4.69) is 31.1 Å². The Kier molecular flexibility index (Phi) is 3.22. The molecule has 1 N–H and O–H groups in total. The molecule has 92 valence electrons. The van der Waals surface area contributed by atoms with Crippen LogP contribution in [0.2, 0.25) is 0 Å². The Morgan fingerprint density at radius 2 is 1.88 bits per heavy atom. The van der Waals surface area contributed by atoms with Gasteiger partial charge in [-0.2, -0.15) is 0 Å². The number of hydrogen-bond acceptors (Lipinski definition) is 3. The summed E-state index contributed by atoms with van der Waals surface area (Å²) in [4.78, 5) is 16.9.